The number of aromatic nitrogens is 2. The predicted octanol–water partition coefficient (Wildman–Crippen LogP) is 2.37. The van der Waals surface area contributed by atoms with Crippen molar-refractivity contribution in [1.82, 2.24) is 14.5 Å². The van der Waals surface area contributed by atoms with Gasteiger partial charge < -0.3 is 14.2 Å². The number of fused-ring (bicyclic) bond motifs is 6. The van der Waals surface area contributed by atoms with Crippen LogP contribution < -0.4 is 10.5 Å². The maximum absolute atomic E-state index is 14.3. The summed E-state index contributed by atoms with van der Waals surface area (Å²) in [5.41, 5.74) is 2.12. The summed E-state index contributed by atoms with van der Waals surface area (Å²) < 4.78 is 22.2. The molecule has 30 heavy (non-hydrogen) atoms. The smallest absolute Gasteiger partial charge is 0.255 e. The molecule has 158 valence electrons. The highest BCUT2D eigenvalue weighted by Gasteiger charge is 2.37. The quantitative estimate of drug-likeness (QED) is 0.778. The predicted molar refractivity (Wildman–Crippen MR) is 111 cm³/mol. The molecule has 6 heterocycles. The summed E-state index contributed by atoms with van der Waals surface area (Å²) in [6.45, 7) is 4.71. The number of anilines is 1. The Bertz CT molecular complexity index is 1010. The lowest BCUT2D eigenvalue weighted by molar-refractivity contribution is -0.0412. The van der Waals surface area contributed by atoms with Gasteiger partial charge in [-0.3, -0.25) is 9.69 Å². The maximum atomic E-state index is 14.3. The monoisotopic (exact) mass is 410 g/mol. The van der Waals surface area contributed by atoms with Crippen molar-refractivity contribution in [2.75, 3.05) is 31.1 Å². The standard InChI is InChI=1S/C23H27FN4O2/c24-20-2-1-7-25-22(20)27-9-15-8-17(12-27)21-6-3-16(23(29)28(21)10-15)11-26-13-18-4-5-19(14-26)30-18/h1-3,6-7,15,17-19H,4-5,8-14H2/t15-,17+,18-,19+/m0/s1. The van der Waals surface area contributed by atoms with Gasteiger partial charge in [-0.2, -0.15) is 0 Å². The van der Waals surface area contributed by atoms with Gasteiger partial charge in [0.15, 0.2) is 11.6 Å². The summed E-state index contributed by atoms with van der Waals surface area (Å²) >= 11 is 0. The summed E-state index contributed by atoms with van der Waals surface area (Å²) in [7, 11) is 0. The molecule has 4 bridgehead atoms. The second-order valence-corrected chi connectivity index (χ2v) is 9.36. The third-order valence-corrected chi connectivity index (χ3v) is 7.23. The number of hydrogen-bond donors (Lipinski definition) is 0. The molecule has 0 saturated carbocycles. The van der Waals surface area contributed by atoms with E-state index in [2.05, 4.69) is 20.9 Å². The van der Waals surface area contributed by atoms with Crippen molar-refractivity contribution in [1.29, 1.82) is 0 Å². The van der Waals surface area contributed by atoms with Crippen LogP contribution in [-0.2, 0) is 17.8 Å². The fourth-order valence-electron chi connectivity index (χ4n) is 5.96. The Morgan fingerprint density at radius 1 is 1.07 bits per heavy atom. The Labute approximate surface area is 175 Å². The lowest BCUT2D eigenvalue weighted by atomic mass is 9.83. The van der Waals surface area contributed by atoms with Gasteiger partial charge in [0.25, 0.3) is 5.56 Å². The van der Waals surface area contributed by atoms with E-state index < -0.39 is 0 Å². The van der Waals surface area contributed by atoms with E-state index in [-0.39, 0.29) is 17.3 Å². The normalized spacial score (nSPS) is 30.4. The van der Waals surface area contributed by atoms with Crippen LogP contribution in [0.25, 0.3) is 0 Å². The average Bonchev–Trinajstić information content (AvgIpc) is 3.09. The fourth-order valence-corrected chi connectivity index (χ4v) is 5.96. The molecule has 2 aromatic heterocycles. The second kappa shape index (κ2) is 7.17. The van der Waals surface area contributed by atoms with Gasteiger partial charge in [-0.15, -0.1) is 0 Å². The fraction of sp³-hybridized carbons (Fsp3) is 0.565. The Morgan fingerprint density at radius 3 is 2.70 bits per heavy atom. The zero-order chi connectivity index (χ0) is 20.2. The SMILES string of the molecule is O=c1c(CN2C[C@H]3CC[C@@H](C2)O3)ccc2n1C[C@H]1C[C@@H]2CN(c2ncccc2F)C1. The first-order valence-electron chi connectivity index (χ1n) is 11.1. The zero-order valence-corrected chi connectivity index (χ0v) is 17.0. The van der Waals surface area contributed by atoms with Crippen molar-refractivity contribution < 1.29 is 9.13 Å². The number of hydrogen-bond acceptors (Lipinski definition) is 5. The third kappa shape index (κ3) is 3.15. The summed E-state index contributed by atoms with van der Waals surface area (Å²) in [5.74, 6) is 0.732. The van der Waals surface area contributed by atoms with Gasteiger partial charge in [0, 0.05) is 62.6 Å². The molecule has 4 aliphatic rings. The van der Waals surface area contributed by atoms with E-state index in [0.717, 1.165) is 50.2 Å². The molecule has 6 nitrogen and oxygen atoms in total. The van der Waals surface area contributed by atoms with Crippen molar-refractivity contribution in [3.05, 3.63) is 57.9 Å². The van der Waals surface area contributed by atoms with Crippen LogP contribution in [-0.4, -0.2) is 52.8 Å². The lowest BCUT2D eigenvalue weighted by Gasteiger charge is -2.43. The molecule has 4 atom stereocenters. The van der Waals surface area contributed by atoms with Crippen LogP contribution in [0.15, 0.2) is 35.3 Å². The van der Waals surface area contributed by atoms with E-state index in [1.54, 1.807) is 12.3 Å². The molecule has 2 aromatic rings. The topological polar surface area (TPSA) is 50.6 Å². The Balaban J connectivity index is 1.25. The number of nitrogens with zero attached hydrogens (tertiary/aromatic N) is 4. The highest BCUT2D eigenvalue weighted by molar-refractivity contribution is 5.42. The second-order valence-electron chi connectivity index (χ2n) is 9.36. The van der Waals surface area contributed by atoms with Crippen molar-refractivity contribution in [3.63, 3.8) is 0 Å². The number of rotatable bonds is 3. The molecule has 0 unspecified atom stereocenters. The van der Waals surface area contributed by atoms with Gasteiger partial charge in [0.2, 0.25) is 0 Å². The molecule has 0 amide bonds. The number of ether oxygens (including phenoxy) is 1. The van der Waals surface area contributed by atoms with E-state index in [0.29, 0.717) is 43.6 Å². The first-order valence-corrected chi connectivity index (χ1v) is 11.1. The Kier molecular flexibility index (Phi) is 4.42. The van der Waals surface area contributed by atoms with E-state index in [1.165, 1.54) is 6.07 Å². The summed E-state index contributed by atoms with van der Waals surface area (Å²) in [4.78, 5) is 22.0. The molecule has 0 aliphatic carbocycles. The van der Waals surface area contributed by atoms with E-state index in [4.69, 9.17) is 4.74 Å². The minimum atomic E-state index is -0.273. The largest absolute Gasteiger partial charge is 0.372 e. The molecule has 3 saturated heterocycles. The minimum absolute atomic E-state index is 0.151. The van der Waals surface area contributed by atoms with Crippen LogP contribution in [0.4, 0.5) is 10.2 Å². The molecule has 7 heteroatoms. The maximum Gasteiger partial charge on any atom is 0.255 e. The highest BCUT2D eigenvalue weighted by Crippen LogP contribution is 2.37. The number of piperidine rings is 1. The van der Waals surface area contributed by atoms with Crippen LogP contribution >= 0.6 is 0 Å². The molecule has 0 N–H and O–H groups in total. The van der Waals surface area contributed by atoms with Gasteiger partial charge in [-0.05, 0) is 43.4 Å². The van der Waals surface area contributed by atoms with Crippen molar-refractivity contribution >= 4 is 5.82 Å². The molecule has 0 aromatic carbocycles. The van der Waals surface area contributed by atoms with Crippen molar-refractivity contribution in [3.8, 4) is 0 Å². The number of likely N-dealkylation sites (tertiary alicyclic amines) is 1. The molecule has 0 radical (unpaired) electrons. The van der Waals surface area contributed by atoms with Crippen LogP contribution in [0.1, 0.15) is 36.4 Å². The van der Waals surface area contributed by atoms with Crippen molar-refractivity contribution in [2.45, 2.75) is 50.5 Å². The first kappa shape index (κ1) is 18.5. The minimum Gasteiger partial charge on any atom is -0.372 e. The van der Waals surface area contributed by atoms with Crippen molar-refractivity contribution in [2.24, 2.45) is 5.92 Å². The first-order chi connectivity index (χ1) is 14.6. The van der Waals surface area contributed by atoms with Crippen LogP contribution in [0.5, 0.6) is 0 Å². The van der Waals surface area contributed by atoms with Gasteiger partial charge in [0.1, 0.15) is 0 Å². The lowest BCUT2D eigenvalue weighted by Crippen LogP contribution is -2.48. The van der Waals surface area contributed by atoms with Gasteiger partial charge in [-0.1, -0.05) is 6.07 Å². The summed E-state index contributed by atoms with van der Waals surface area (Å²) in [5, 5.41) is 0. The van der Waals surface area contributed by atoms with Crippen LogP contribution in [0, 0.1) is 11.7 Å². The Hall–Kier alpha value is -2.25. The van der Waals surface area contributed by atoms with Crippen LogP contribution in [0.2, 0.25) is 0 Å². The highest BCUT2D eigenvalue weighted by atomic mass is 19.1. The number of pyridine rings is 2. The molecular weight excluding hydrogens is 383 g/mol. The molecule has 3 fully saturated rings. The van der Waals surface area contributed by atoms with E-state index >= 15 is 0 Å². The molecule has 0 spiro atoms. The number of morpholine rings is 1. The number of halogens is 1. The van der Waals surface area contributed by atoms with Gasteiger partial charge >= 0.3 is 0 Å². The van der Waals surface area contributed by atoms with E-state index in [9.17, 15) is 9.18 Å². The zero-order valence-electron chi connectivity index (χ0n) is 17.0. The molecular formula is C23H27FN4O2. The van der Waals surface area contributed by atoms with Crippen LogP contribution in [0.3, 0.4) is 0 Å². The molecule has 6 rings (SSSR count). The summed E-state index contributed by atoms with van der Waals surface area (Å²) in [6, 6.07) is 7.24. The van der Waals surface area contributed by atoms with E-state index in [1.807, 2.05) is 10.6 Å². The summed E-state index contributed by atoms with van der Waals surface area (Å²) in [6.07, 6.45) is 5.65. The van der Waals surface area contributed by atoms with Gasteiger partial charge in [0.05, 0.1) is 12.2 Å². The van der Waals surface area contributed by atoms with Gasteiger partial charge in [-0.25, -0.2) is 9.37 Å². The average molecular weight is 410 g/mol. The Morgan fingerprint density at radius 2 is 1.90 bits per heavy atom. The third-order valence-electron chi connectivity index (χ3n) is 7.23. The molecule has 4 aliphatic heterocycles.